The molecule has 0 bridgehead atoms. The summed E-state index contributed by atoms with van der Waals surface area (Å²) in [7, 11) is -2.98. The maximum atomic E-state index is 12.4. The van der Waals surface area contributed by atoms with Crippen molar-refractivity contribution in [2.24, 2.45) is 5.10 Å². The van der Waals surface area contributed by atoms with Crippen LogP contribution in [0.2, 0.25) is 0 Å². The molecule has 1 atom stereocenters. The number of hydrazone groups is 1. The van der Waals surface area contributed by atoms with E-state index in [0.717, 1.165) is 5.23 Å². The molecule has 0 fully saturated rings. The zero-order valence-electron chi connectivity index (χ0n) is 13.8. The van der Waals surface area contributed by atoms with Crippen LogP contribution < -0.4 is 15.6 Å². The van der Waals surface area contributed by atoms with Crippen molar-refractivity contribution in [3.63, 3.8) is 0 Å². The molecule has 0 aliphatic carbocycles. The molecule has 1 aromatic heterocycles. The Bertz CT molecular complexity index is 843. The smallest absolute Gasteiger partial charge is 0.350 e. The number of methoxy groups -OCH3 is 1. The van der Waals surface area contributed by atoms with Crippen molar-refractivity contribution >= 4 is 33.6 Å². The number of hydrogen-bond acceptors (Lipinski definition) is 9. The summed E-state index contributed by atoms with van der Waals surface area (Å²) in [6, 6.07) is 1.68. The van der Waals surface area contributed by atoms with Crippen LogP contribution >= 0.6 is 11.6 Å². The fourth-order valence-corrected chi connectivity index (χ4v) is 3.21. The third kappa shape index (κ3) is 4.74. The third-order valence-corrected chi connectivity index (χ3v) is 4.62. The average Bonchev–Trinajstić information content (AvgIpc) is 2.59. The number of ether oxygens (including phenoxy) is 1. The fourth-order valence-electron chi connectivity index (χ4n) is 1.94. The van der Waals surface area contributed by atoms with Gasteiger partial charge < -0.3 is 9.84 Å². The summed E-state index contributed by atoms with van der Waals surface area (Å²) in [5.74, 6) is -0.0419. The van der Waals surface area contributed by atoms with Gasteiger partial charge in [-0.25, -0.2) is 19.9 Å². The number of aliphatic hydroxyl groups excluding tert-OH is 1. The number of urea groups is 1. The van der Waals surface area contributed by atoms with E-state index < -0.39 is 27.2 Å². The Morgan fingerprint density at radius 2 is 2.27 bits per heavy atom. The number of halogens is 1. The number of carbonyl (C=O) groups excluding carboxylic acids is 1. The number of allylic oxidation sites excluding steroid dienone is 1. The lowest BCUT2D eigenvalue weighted by Crippen LogP contribution is -2.53. The van der Waals surface area contributed by atoms with Crippen LogP contribution in [0.15, 0.2) is 40.2 Å². The summed E-state index contributed by atoms with van der Waals surface area (Å²) in [5, 5.41) is 14.1. The van der Waals surface area contributed by atoms with Crippen LogP contribution in [-0.2, 0) is 14.8 Å². The lowest BCUT2D eigenvalue weighted by molar-refractivity contribution is 0.138. The molecule has 4 N–H and O–H groups in total. The molecule has 142 valence electrons. The number of nitrogens with one attached hydrogen (secondary N) is 3. The molecule has 0 spiro atoms. The molecule has 2 amide bonds. The molecule has 0 saturated carbocycles. The second-order valence-electron chi connectivity index (χ2n) is 5.01. The van der Waals surface area contributed by atoms with E-state index in [1.165, 1.54) is 25.4 Å². The molecule has 0 radical (unpaired) electrons. The highest BCUT2D eigenvalue weighted by molar-refractivity contribution is 7.90. The van der Waals surface area contributed by atoms with Crippen molar-refractivity contribution in [1.29, 1.82) is 0 Å². The number of pyridine rings is 1. The average molecular weight is 405 g/mol. The molecule has 1 aliphatic rings. The molecule has 26 heavy (non-hydrogen) atoms. The van der Waals surface area contributed by atoms with Gasteiger partial charge >= 0.3 is 6.03 Å². The summed E-state index contributed by atoms with van der Waals surface area (Å²) in [6.07, 6.45) is 1.53. The van der Waals surface area contributed by atoms with Gasteiger partial charge in [-0.1, -0.05) is 11.2 Å². The highest BCUT2D eigenvalue weighted by Gasteiger charge is 2.26. The van der Waals surface area contributed by atoms with Crippen molar-refractivity contribution in [1.82, 2.24) is 25.8 Å². The van der Waals surface area contributed by atoms with Gasteiger partial charge in [-0.15, -0.1) is 16.8 Å². The fraction of sp³-hybridized carbons (Fsp3) is 0.308. The Kier molecular flexibility index (Phi) is 6.23. The van der Waals surface area contributed by atoms with E-state index in [4.69, 9.17) is 16.3 Å². The zero-order chi connectivity index (χ0) is 19.3. The van der Waals surface area contributed by atoms with Gasteiger partial charge in [0.05, 0.1) is 19.1 Å². The summed E-state index contributed by atoms with van der Waals surface area (Å²) < 4.78 is 31.6. The lowest BCUT2D eigenvalue weighted by atomic mass is 10.2. The summed E-state index contributed by atoms with van der Waals surface area (Å²) >= 11 is 5.57. The predicted molar refractivity (Wildman–Crippen MR) is 91.9 cm³/mol. The molecule has 0 saturated heterocycles. The van der Waals surface area contributed by atoms with Crippen molar-refractivity contribution in [2.75, 3.05) is 13.0 Å². The largest absolute Gasteiger partial charge is 0.480 e. The summed E-state index contributed by atoms with van der Waals surface area (Å²) in [4.78, 5) is 15.7. The maximum absolute atomic E-state index is 12.4. The number of carbonyl (C=O) groups is 1. The Morgan fingerprint density at radius 1 is 1.54 bits per heavy atom. The molecule has 0 aromatic carbocycles. The minimum Gasteiger partial charge on any atom is -0.480 e. The lowest BCUT2D eigenvalue weighted by Gasteiger charge is -2.25. The van der Waals surface area contributed by atoms with Crippen molar-refractivity contribution in [3.8, 4) is 0 Å². The van der Waals surface area contributed by atoms with E-state index in [2.05, 4.69) is 20.9 Å². The van der Waals surface area contributed by atoms with Crippen LogP contribution in [0.5, 0.6) is 0 Å². The Hall–Kier alpha value is -2.57. The van der Waals surface area contributed by atoms with Crippen LogP contribution in [0.1, 0.15) is 18.6 Å². The van der Waals surface area contributed by atoms with Crippen molar-refractivity contribution in [2.45, 2.75) is 18.1 Å². The number of nitrogens with zero attached hydrogens (tertiary/aromatic N) is 3. The number of alkyl halides is 1. The Labute approximate surface area is 154 Å². The Morgan fingerprint density at radius 3 is 2.92 bits per heavy atom. The molecular weight excluding hydrogens is 388 g/mol. The van der Waals surface area contributed by atoms with Gasteiger partial charge in [0.2, 0.25) is 5.90 Å². The second kappa shape index (κ2) is 8.21. The van der Waals surface area contributed by atoms with E-state index in [0.29, 0.717) is 5.70 Å². The number of hydrazine groups is 2. The van der Waals surface area contributed by atoms with Gasteiger partial charge in [0.25, 0.3) is 10.0 Å². The molecule has 11 nitrogen and oxygen atoms in total. The number of sulfonamides is 1. The van der Waals surface area contributed by atoms with Gasteiger partial charge in [-0.3, -0.25) is 5.43 Å². The second-order valence-corrected chi connectivity index (χ2v) is 6.91. The summed E-state index contributed by atoms with van der Waals surface area (Å²) in [6.45, 7) is 1.69. The van der Waals surface area contributed by atoms with E-state index in [9.17, 15) is 18.3 Å². The standard InChI is InChI=1S/C13H17ClN6O5S/c1-8-6-11(25-2)17-20(16-8)18-13(22)19-26(23,24)12-9(10(21)7-14)4-3-5-15-12/h3-6,10,16,21H,7H2,1-2H3,(H2,18,19,22). The van der Waals surface area contributed by atoms with Crippen LogP contribution in [0.4, 0.5) is 4.79 Å². The first kappa shape index (κ1) is 19.8. The van der Waals surface area contributed by atoms with Crippen LogP contribution in [0, 0.1) is 0 Å². The van der Waals surface area contributed by atoms with Crippen molar-refractivity contribution < 1.29 is 23.1 Å². The van der Waals surface area contributed by atoms with Gasteiger partial charge in [0, 0.05) is 23.5 Å². The molecular formula is C13H17ClN6O5S. The number of hydrogen-bond donors (Lipinski definition) is 4. The highest BCUT2D eigenvalue weighted by atomic mass is 35.5. The SMILES string of the molecule is COC1=NN(NC(=O)NS(=O)(=O)c2ncccc2C(O)CCl)NC(C)=C1. The van der Waals surface area contributed by atoms with E-state index in [1.807, 2.05) is 0 Å². The van der Waals surface area contributed by atoms with Gasteiger partial charge in [0.1, 0.15) is 0 Å². The highest BCUT2D eigenvalue weighted by Crippen LogP contribution is 2.21. The zero-order valence-corrected chi connectivity index (χ0v) is 15.4. The number of aliphatic hydroxyl groups is 1. The first-order valence-corrected chi connectivity index (χ1v) is 9.18. The molecule has 1 aliphatic heterocycles. The minimum atomic E-state index is -4.37. The van der Waals surface area contributed by atoms with Gasteiger partial charge in [-0.2, -0.15) is 8.42 Å². The van der Waals surface area contributed by atoms with Crippen LogP contribution in [-0.4, -0.2) is 48.7 Å². The Balaban J connectivity index is 2.14. The number of rotatable bonds is 5. The normalized spacial score (nSPS) is 15.3. The maximum Gasteiger partial charge on any atom is 0.350 e. The quantitative estimate of drug-likeness (QED) is 0.499. The predicted octanol–water partition coefficient (Wildman–Crippen LogP) is -0.0594. The first-order chi connectivity index (χ1) is 12.3. The first-order valence-electron chi connectivity index (χ1n) is 7.17. The third-order valence-electron chi connectivity index (χ3n) is 3.02. The van der Waals surface area contributed by atoms with Crippen LogP contribution in [0.3, 0.4) is 0 Å². The monoisotopic (exact) mass is 404 g/mol. The van der Waals surface area contributed by atoms with E-state index in [-0.39, 0.29) is 17.3 Å². The molecule has 1 unspecified atom stereocenters. The summed E-state index contributed by atoms with van der Waals surface area (Å²) in [5.41, 5.74) is 5.40. The van der Waals surface area contributed by atoms with Crippen molar-refractivity contribution in [3.05, 3.63) is 35.7 Å². The minimum absolute atomic E-state index is 0.0302. The van der Waals surface area contributed by atoms with Gasteiger partial charge in [0.15, 0.2) is 5.03 Å². The van der Waals surface area contributed by atoms with Crippen LogP contribution in [0.25, 0.3) is 0 Å². The van der Waals surface area contributed by atoms with Gasteiger partial charge in [-0.05, 0) is 13.0 Å². The molecule has 2 rings (SSSR count). The molecule has 2 heterocycles. The van der Waals surface area contributed by atoms with E-state index >= 15 is 0 Å². The number of amides is 2. The molecule has 13 heteroatoms. The van der Waals surface area contributed by atoms with E-state index in [1.54, 1.807) is 17.7 Å². The number of aromatic nitrogens is 1. The molecule has 1 aromatic rings. The topological polar surface area (TPSA) is 145 Å².